The van der Waals surface area contributed by atoms with Crippen molar-refractivity contribution >= 4 is 17.5 Å². The van der Waals surface area contributed by atoms with E-state index in [-0.39, 0.29) is 29.7 Å². The molecule has 0 fully saturated rings. The zero-order valence-electron chi connectivity index (χ0n) is 19.1. The lowest BCUT2D eigenvalue weighted by atomic mass is 10.1. The van der Waals surface area contributed by atoms with Crippen LogP contribution in [0.25, 0.3) is 0 Å². The van der Waals surface area contributed by atoms with E-state index in [0.717, 1.165) is 22.9 Å². The maximum Gasteiger partial charge on any atom is 0.269 e. The normalized spacial score (nSPS) is 11.0. The maximum atomic E-state index is 12.4. The molecule has 3 aromatic rings. The summed E-state index contributed by atoms with van der Waals surface area (Å²) in [6.45, 7) is 8.71. The summed E-state index contributed by atoms with van der Waals surface area (Å²) in [7, 11) is 0. The van der Waals surface area contributed by atoms with Gasteiger partial charge in [0.05, 0.1) is 22.7 Å². The number of nitrogens with one attached hydrogen (secondary N) is 2. The summed E-state index contributed by atoms with van der Waals surface area (Å²) >= 11 is 0. The van der Waals surface area contributed by atoms with Crippen LogP contribution in [0.4, 0.5) is 5.69 Å². The summed E-state index contributed by atoms with van der Waals surface area (Å²) in [5.74, 6) is -0.823. The molecule has 2 amide bonds. The summed E-state index contributed by atoms with van der Waals surface area (Å²) in [6, 6.07) is 7.84. The standard InChI is InChI=1S/C20H21N5O4.C3H5NO/c1-12-8-13(2)23-20(27)18(12)10-21-19(26)16-9-22-24(11-16)14(3)15-4-6-17(7-5-15)25(28)29;1-2-3(4)5/h4-9,11,14H,10H2,1-3H3,(H,21,26)(H,23,27);2H,1H2,(H2,4,5). The van der Waals surface area contributed by atoms with E-state index in [9.17, 15) is 24.5 Å². The van der Waals surface area contributed by atoms with E-state index in [1.54, 1.807) is 29.9 Å². The van der Waals surface area contributed by atoms with Gasteiger partial charge in [-0.3, -0.25) is 29.2 Å². The quantitative estimate of drug-likeness (QED) is 0.274. The molecule has 2 aromatic heterocycles. The molecule has 1 atom stereocenters. The summed E-state index contributed by atoms with van der Waals surface area (Å²) in [6.07, 6.45) is 4.11. The van der Waals surface area contributed by atoms with Crippen LogP contribution in [0.1, 0.15) is 45.7 Å². The number of nitro groups is 1. The zero-order chi connectivity index (χ0) is 25.4. The number of pyridine rings is 1. The van der Waals surface area contributed by atoms with E-state index in [0.29, 0.717) is 11.1 Å². The van der Waals surface area contributed by atoms with Crippen LogP contribution in [0.3, 0.4) is 0 Å². The lowest BCUT2D eigenvalue weighted by Gasteiger charge is -2.12. The fourth-order valence-corrected chi connectivity index (χ4v) is 3.07. The van der Waals surface area contributed by atoms with Gasteiger partial charge in [-0.15, -0.1) is 0 Å². The van der Waals surface area contributed by atoms with Crippen LogP contribution < -0.4 is 16.6 Å². The predicted molar refractivity (Wildman–Crippen MR) is 126 cm³/mol. The Bertz CT molecular complexity index is 1260. The van der Waals surface area contributed by atoms with Crippen molar-refractivity contribution in [2.45, 2.75) is 33.4 Å². The van der Waals surface area contributed by atoms with Gasteiger partial charge < -0.3 is 16.0 Å². The van der Waals surface area contributed by atoms with Crippen LogP contribution in [0.2, 0.25) is 0 Å². The second-order valence-electron chi connectivity index (χ2n) is 7.47. The van der Waals surface area contributed by atoms with E-state index < -0.39 is 10.8 Å². The molecule has 0 saturated heterocycles. The molecule has 11 heteroatoms. The second kappa shape index (κ2) is 11.4. The van der Waals surface area contributed by atoms with E-state index in [4.69, 9.17) is 0 Å². The second-order valence-corrected chi connectivity index (χ2v) is 7.47. The van der Waals surface area contributed by atoms with Gasteiger partial charge >= 0.3 is 0 Å². The summed E-state index contributed by atoms with van der Waals surface area (Å²) in [5, 5.41) is 17.7. The number of rotatable bonds is 7. The molecule has 11 nitrogen and oxygen atoms in total. The lowest BCUT2D eigenvalue weighted by molar-refractivity contribution is -0.384. The number of hydrogen-bond donors (Lipinski definition) is 3. The highest BCUT2D eigenvalue weighted by Gasteiger charge is 2.15. The number of primary amides is 1. The van der Waals surface area contributed by atoms with Crippen molar-refractivity contribution < 1.29 is 14.5 Å². The van der Waals surface area contributed by atoms with Crippen LogP contribution in [0.15, 0.2) is 60.2 Å². The van der Waals surface area contributed by atoms with Gasteiger partial charge in [0.25, 0.3) is 17.2 Å². The first-order valence-electron chi connectivity index (χ1n) is 10.2. The lowest BCUT2D eigenvalue weighted by Crippen LogP contribution is -2.27. The van der Waals surface area contributed by atoms with E-state index >= 15 is 0 Å². The molecule has 0 aliphatic rings. The van der Waals surface area contributed by atoms with Gasteiger partial charge in [0.1, 0.15) is 0 Å². The van der Waals surface area contributed by atoms with Gasteiger partial charge in [0, 0.05) is 36.1 Å². The van der Waals surface area contributed by atoms with Gasteiger partial charge in [0.2, 0.25) is 5.91 Å². The fraction of sp³-hybridized carbons (Fsp3) is 0.217. The third kappa shape index (κ3) is 6.73. The van der Waals surface area contributed by atoms with Gasteiger partial charge in [-0.25, -0.2) is 0 Å². The van der Waals surface area contributed by atoms with Gasteiger partial charge in [-0.1, -0.05) is 18.7 Å². The average Bonchev–Trinajstić information content (AvgIpc) is 3.28. The number of benzene rings is 1. The number of nitro benzene ring substituents is 1. The first kappa shape index (κ1) is 25.7. The Hall–Kier alpha value is -4.54. The molecule has 0 spiro atoms. The summed E-state index contributed by atoms with van der Waals surface area (Å²) < 4.78 is 1.61. The minimum atomic E-state index is -0.481. The minimum Gasteiger partial charge on any atom is -0.366 e. The highest BCUT2D eigenvalue weighted by atomic mass is 16.6. The Kier molecular flexibility index (Phi) is 8.59. The topological polar surface area (TPSA) is 166 Å². The highest BCUT2D eigenvalue weighted by molar-refractivity contribution is 5.93. The van der Waals surface area contributed by atoms with Crippen molar-refractivity contribution in [2.75, 3.05) is 0 Å². The monoisotopic (exact) mass is 466 g/mol. The molecule has 34 heavy (non-hydrogen) atoms. The Morgan fingerprint density at radius 2 is 1.94 bits per heavy atom. The van der Waals surface area contributed by atoms with Crippen molar-refractivity contribution in [3.8, 4) is 0 Å². The first-order chi connectivity index (χ1) is 16.0. The molecule has 1 aromatic carbocycles. The molecular formula is C23H26N6O5. The number of hydrogen-bond acceptors (Lipinski definition) is 6. The van der Waals surface area contributed by atoms with Gasteiger partial charge in [-0.2, -0.15) is 5.10 Å². The maximum absolute atomic E-state index is 12.4. The minimum absolute atomic E-state index is 0.0165. The zero-order valence-corrected chi connectivity index (χ0v) is 19.1. The third-order valence-corrected chi connectivity index (χ3v) is 4.97. The van der Waals surface area contributed by atoms with Crippen LogP contribution >= 0.6 is 0 Å². The summed E-state index contributed by atoms with van der Waals surface area (Å²) in [4.78, 5) is 47.0. The molecule has 0 aliphatic carbocycles. The van der Waals surface area contributed by atoms with E-state index in [1.165, 1.54) is 18.3 Å². The molecule has 3 rings (SSSR count). The van der Waals surface area contributed by atoms with E-state index in [1.807, 2.05) is 19.9 Å². The molecule has 0 saturated carbocycles. The number of amides is 2. The Morgan fingerprint density at radius 3 is 2.47 bits per heavy atom. The van der Waals surface area contributed by atoms with E-state index in [2.05, 4.69) is 27.7 Å². The van der Waals surface area contributed by atoms with Gasteiger partial charge in [0.15, 0.2) is 0 Å². The molecule has 4 N–H and O–H groups in total. The predicted octanol–water partition coefficient (Wildman–Crippen LogP) is 2.29. The average molecular weight is 466 g/mol. The van der Waals surface area contributed by atoms with Crippen LogP contribution in [-0.2, 0) is 11.3 Å². The number of aryl methyl sites for hydroxylation is 2. The molecule has 2 heterocycles. The third-order valence-electron chi connectivity index (χ3n) is 4.97. The molecule has 0 radical (unpaired) electrons. The van der Waals surface area contributed by atoms with Crippen molar-refractivity contribution in [3.05, 3.63) is 104 Å². The van der Waals surface area contributed by atoms with Crippen LogP contribution in [0, 0.1) is 24.0 Å². The van der Waals surface area contributed by atoms with Crippen molar-refractivity contribution in [1.29, 1.82) is 0 Å². The molecule has 0 aliphatic heterocycles. The fourth-order valence-electron chi connectivity index (χ4n) is 3.07. The SMILES string of the molecule is C=CC(N)=O.Cc1cc(C)c(CNC(=O)c2cnn(C(C)c3ccc([N+](=O)[O-])cc3)c2)c(=O)[nH]1. The van der Waals surface area contributed by atoms with Crippen molar-refractivity contribution in [1.82, 2.24) is 20.1 Å². The van der Waals surface area contributed by atoms with Crippen molar-refractivity contribution in [3.63, 3.8) is 0 Å². The van der Waals surface area contributed by atoms with Crippen LogP contribution in [-0.4, -0.2) is 31.5 Å². The number of H-pyrrole nitrogens is 1. The number of nitrogens with zero attached hydrogens (tertiary/aromatic N) is 3. The molecule has 1 unspecified atom stereocenters. The number of carbonyl (C=O) groups excluding carboxylic acids is 2. The van der Waals surface area contributed by atoms with Crippen LogP contribution in [0.5, 0.6) is 0 Å². The number of nitrogens with two attached hydrogens (primary N) is 1. The Labute approximate surface area is 195 Å². The summed E-state index contributed by atoms with van der Waals surface area (Å²) in [5.41, 5.74) is 7.61. The highest BCUT2D eigenvalue weighted by Crippen LogP contribution is 2.20. The number of aromatic nitrogens is 3. The number of aromatic amines is 1. The molecule has 0 bridgehead atoms. The Balaban J connectivity index is 0.000000739. The smallest absolute Gasteiger partial charge is 0.269 e. The number of carbonyl (C=O) groups is 2. The largest absolute Gasteiger partial charge is 0.366 e. The molecular weight excluding hydrogens is 440 g/mol. The van der Waals surface area contributed by atoms with Gasteiger partial charge in [-0.05, 0) is 44.0 Å². The first-order valence-corrected chi connectivity index (χ1v) is 10.2. The number of non-ortho nitro benzene ring substituents is 1. The van der Waals surface area contributed by atoms with Crippen molar-refractivity contribution in [2.24, 2.45) is 5.73 Å². The molecule has 178 valence electrons. The Morgan fingerprint density at radius 1 is 1.32 bits per heavy atom.